The minimum atomic E-state index is -0.678. The van der Waals surface area contributed by atoms with Crippen LogP contribution in [-0.2, 0) is 15.9 Å². The fourth-order valence-corrected chi connectivity index (χ4v) is 1.32. The molecule has 0 N–H and O–H groups in total. The Morgan fingerprint density at radius 3 is 2.33 bits per heavy atom. The van der Waals surface area contributed by atoms with Crippen LogP contribution in [0.4, 0.5) is 9.18 Å². The van der Waals surface area contributed by atoms with Crippen molar-refractivity contribution in [1.29, 1.82) is 0 Å². The van der Waals surface area contributed by atoms with E-state index in [2.05, 4.69) is 4.99 Å². The van der Waals surface area contributed by atoms with Crippen molar-refractivity contribution in [2.24, 2.45) is 4.99 Å². The molecule has 0 saturated carbocycles. The Morgan fingerprint density at radius 1 is 1.17 bits per heavy atom. The second-order valence-electron chi connectivity index (χ2n) is 3.44. The maximum Gasteiger partial charge on any atom is 0.436 e. The van der Waals surface area contributed by atoms with Crippen LogP contribution in [0.5, 0.6) is 0 Å². The first kappa shape index (κ1) is 14.2. The Labute approximate surface area is 105 Å². The monoisotopic (exact) mass is 253 g/mol. The summed E-state index contributed by atoms with van der Waals surface area (Å²) in [6.07, 6.45) is -0.351. The number of aliphatic imine (C=N–C) groups is 1. The Hall–Kier alpha value is -1.91. The summed E-state index contributed by atoms with van der Waals surface area (Å²) >= 11 is 0. The van der Waals surface area contributed by atoms with E-state index in [4.69, 9.17) is 9.47 Å². The van der Waals surface area contributed by atoms with Crippen LogP contribution in [0.3, 0.4) is 0 Å². The molecule has 5 heteroatoms. The van der Waals surface area contributed by atoms with Gasteiger partial charge in [0.25, 0.3) is 0 Å². The van der Waals surface area contributed by atoms with Crippen molar-refractivity contribution in [2.45, 2.75) is 20.3 Å². The van der Waals surface area contributed by atoms with Crippen LogP contribution >= 0.6 is 0 Å². The fraction of sp³-hybridized carbons (Fsp3) is 0.385. The lowest BCUT2D eigenvalue weighted by Crippen LogP contribution is -2.12. The third-order valence-corrected chi connectivity index (χ3v) is 2.06. The van der Waals surface area contributed by atoms with Gasteiger partial charge >= 0.3 is 6.09 Å². The largest absolute Gasteiger partial charge is 0.481 e. The Morgan fingerprint density at radius 2 is 1.78 bits per heavy atom. The maximum absolute atomic E-state index is 12.7. The molecule has 0 fully saturated rings. The predicted octanol–water partition coefficient (Wildman–Crippen LogP) is 2.96. The molecule has 0 aliphatic heterocycles. The quantitative estimate of drug-likeness (QED) is 0.612. The van der Waals surface area contributed by atoms with Gasteiger partial charge in [-0.1, -0.05) is 12.1 Å². The summed E-state index contributed by atoms with van der Waals surface area (Å²) in [6, 6.07) is 5.94. The number of carbonyl (C=O) groups is 1. The van der Waals surface area contributed by atoms with Crippen molar-refractivity contribution < 1.29 is 18.7 Å². The van der Waals surface area contributed by atoms with Gasteiger partial charge < -0.3 is 9.47 Å². The minimum absolute atomic E-state index is 0.262. The predicted molar refractivity (Wildman–Crippen MR) is 66.2 cm³/mol. The highest BCUT2D eigenvalue weighted by Crippen LogP contribution is 2.05. The van der Waals surface area contributed by atoms with E-state index in [0.29, 0.717) is 13.0 Å². The van der Waals surface area contributed by atoms with Crippen molar-refractivity contribution in [2.75, 3.05) is 13.2 Å². The van der Waals surface area contributed by atoms with Gasteiger partial charge in [-0.2, -0.15) is 0 Å². The number of hydrogen-bond donors (Lipinski definition) is 0. The first-order chi connectivity index (χ1) is 8.65. The second-order valence-corrected chi connectivity index (χ2v) is 3.44. The lowest BCUT2D eigenvalue weighted by molar-refractivity contribution is 0.162. The minimum Gasteiger partial charge on any atom is -0.481 e. The zero-order valence-corrected chi connectivity index (χ0v) is 10.5. The molecule has 0 atom stereocenters. The summed E-state index contributed by atoms with van der Waals surface area (Å²) in [5.74, 6) is -0.0402. The van der Waals surface area contributed by atoms with Gasteiger partial charge in [0, 0.05) is 6.42 Å². The topological polar surface area (TPSA) is 47.9 Å². The smallest absolute Gasteiger partial charge is 0.436 e. The molecule has 0 aliphatic carbocycles. The summed E-state index contributed by atoms with van der Waals surface area (Å²) < 4.78 is 22.7. The summed E-state index contributed by atoms with van der Waals surface area (Å²) in [7, 11) is 0. The third-order valence-electron chi connectivity index (χ3n) is 2.06. The number of nitrogens with zero attached hydrogens (tertiary/aromatic N) is 1. The molecule has 0 saturated heterocycles. The van der Waals surface area contributed by atoms with Gasteiger partial charge in [-0.05, 0) is 31.5 Å². The molecule has 0 bridgehead atoms. The Balaban J connectivity index is 2.73. The molecule has 18 heavy (non-hydrogen) atoms. The fourth-order valence-electron chi connectivity index (χ4n) is 1.32. The number of rotatable bonds is 4. The number of carbonyl (C=O) groups excluding carboxylic acids is 1. The SMILES string of the molecule is CCOC(=O)/N=C(/Cc1ccc(F)cc1)OCC. The molecule has 4 nitrogen and oxygen atoms in total. The van der Waals surface area contributed by atoms with E-state index >= 15 is 0 Å². The van der Waals surface area contributed by atoms with Crippen LogP contribution in [0.15, 0.2) is 29.3 Å². The van der Waals surface area contributed by atoms with Crippen LogP contribution in [0, 0.1) is 5.82 Å². The zero-order valence-electron chi connectivity index (χ0n) is 10.5. The van der Waals surface area contributed by atoms with E-state index in [9.17, 15) is 9.18 Å². The molecule has 1 aromatic rings. The van der Waals surface area contributed by atoms with Crippen molar-refractivity contribution in [3.8, 4) is 0 Å². The Kier molecular flexibility index (Phi) is 5.84. The van der Waals surface area contributed by atoms with Crippen molar-refractivity contribution >= 4 is 12.0 Å². The van der Waals surface area contributed by atoms with Crippen LogP contribution in [-0.4, -0.2) is 25.2 Å². The first-order valence-corrected chi connectivity index (χ1v) is 5.77. The number of halogens is 1. The van der Waals surface area contributed by atoms with E-state index in [1.807, 2.05) is 0 Å². The van der Waals surface area contributed by atoms with Crippen LogP contribution in [0.1, 0.15) is 19.4 Å². The number of amides is 1. The molecule has 0 heterocycles. The average molecular weight is 253 g/mol. The zero-order chi connectivity index (χ0) is 13.4. The summed E-state index contributed by atoms with van der Waals surface area (Å²) in [5, 5.41) is 0. The number of hydrogen-bond acceptors (Lipinski definition) is 3. The number of ether oxygens (including phenoxy) is 2. The molecule has 0 unspecified atom stereocenters. The highest BCUT2D eigenvalue weighted by Gasteiger charge is 2.07. The molecule has 0 aromatic heterocycles. The maximum atomic E-state index is 12.7. The van der Waals surface area contributed by atoms with Crippen molar-refractivity contribution in [3.05, 3.63) is 35.6 Å². The van der Waals surface area contributed by atoms with E-state index in [-0.39, 0.29) is 18.3 Å². The standard InChI is InChI=1S/C13H16FNO3/c1-3-17-12(15-13(16)18-4-2)9-10-5-7-11(14)8-6-10/h5-8H,3-4,9H2,1-2H3/b15-12-. The van der Waals surface area contributed by atoms with Crippen molar-refractivity contribution in [1.82, 2.24) is 0 Å². The van der Waals surface area contributed by atoms with Gasteiger partial charge in [0.15, 0.2) is 5.90 Å². The van der Waals surface area contributed by atoms with Crippen LogP contribution in [0.25, 0.3) is 0 Å². The molecule has 98 valence electrons. The summed E-state index contributed by atoms with van der Waals surface area (Å²) in [4.78, 5) is 14.9. The average Bonchev–Trinajstić information content (AvgIpc) is 2.32. The lowest BCUT2D eigenvalue weighted by Gasteiger charge is -2.07. The first-order valence-electron chi connectivity index (χ1n) is 5.77. The van der Waals surface area contributed by atoms with E-state index < -0.39 is 6.09 Å². The van der Waals surface area contributed by atoms with Crippen LogP contribution < -0.4 is 0 Å². The molecule has 0 spiro atoms. The molecule has 1 amide bonds. The normalized spacial score (nSPS) is 11.2. The highest BCUT2D eigenvalue weighted by atomic mass is 19.1. The van der Waals surface area contributed by atoms with Gasteiger partial charge in [0.1, 0.15) is 5.82 Å². The van der Waals surface area contributed by atoms with Gasteiger partial charge in [0.2, 0.25) is 0 Å². The highest BCUT2D eigenvalue weighted by molar-refractivity contribution is 5.89. The number of benzene rings is 1. The molecule has 0 radical (unpaired) electrons. The van der Waals surface area contributed by atoms with E-state index in [1.54, 1.807) is 26.0 Å². The molecular weight excluding hydrogens is 237 g/mol. The molecule has 1 aromatic carbocycles. The molecule has 0 aliphatic rings. The summed E-state index contributed by atoms with van der Waals surface area (Å²) in [6.45, 7) is 4.16. The van der Waals surface area contributed by atoms with Crippen LogP contribution in [0.2, 0.25) is 0 Å². The third kappa shape index (κ3) is 4.95. The second kappa shape index (κ2) is 7.42. The van der Waals surface area contributed by atoms with Gasteiger partial charge in [-0.3, -0.25) is 0 Å². The lowest BCUT2D eigenvalue weighted by atomic mass is 10.1. The molecular formula is C13H16FNO3. The van der Waals surface area contributed by atoms with E-state index in [0.717, 1.165) is 5.56 Å². The Bertz CT molecular complexity index is 415. The van der Waals surface area contributed by atoms with Gasteiger partial charge in [-0.15, -0.1) is 4.99 Å². The van der Waals surface area contributed by atoms with Crippen molar-refractivity contribution in [3.63, 3.8) is 0 Å². The van der Waals surface area contributed by atoms with Gasteiger partial charge in [0.05, 0.1) is 13.2 Å². The molecule has 1 rings (SSSR count). The van der Waals surface area contributed by atoms with Gasteiger partial charge in [-0.25, -0.2) is 9.18 Å². The summed E-state index contributed by atoms with van der Waals surface area (Å²) in [5.41, 5.74) is 0.813. The van der Waals surface area contributed by atoms with E-state index in [1.165, 1.54) is 12.1 Å².